The number of oxazole rings is 1. The van der Waals surface area contributed by atoms with Gasteiger partial charge in [-0.1, -0.05) is 42.5 Å². The number of amides is 1. The molecule has 0 spiro atoms. The normalized spacial score (nSPS) is 11.0. The van der Waals surface area contributed by atoms with Gasteiger partial charge < -0.3 is 14.3 Å². The molecule has 0 saturated heterocycles. The summed E-state index contributed by atoms with van der Waals surface area (Å²) in [6, 6.07) is 15.4. The maximum absolute atomic E-state index is 13.1. The molecule has 2 aromatic carbocycles. The fourth-order valence-corrected chi connectivity index (χ4v) is 3.10. The molecule has 146 valence electrons. The van der Waals surface area contributed by atoms with Gasteiger partial charge in [0.25, 0.3) is 5.89 Å². The topological polar surface area (TPSA) is 77.1 Å². The van der Waals surface area contributed by atoms with Crippen molar-refractivity contribution in [2.24, 2.45) is 7.05 Å². The molecular formula is C22H18FN3O3. The van der Waals surface area contributed by atoms with Crippen LogP contribution in [0.15, 0.2) is 70.0 Å². The van der Waals surface area contributed by atoms with Crippen LogP contribution in [0, 0.1) is 5.82 Å². The van der Waals surface area contributed by atoms with E-state index < -0.39 is 5.91 Å². The fraction of sp³-hybridized carbons (Fsp3) is 0.136. The van der Waals surface area contributed by atoms with E-state index in [4.69, 9.17) is 4.42 Å². The lowest BCUT2D eigenvalue weighted by Crippen LogP contribution is -2.23. The van der Waals surface area contributed by atoms with Crippen LogP contribution in [0.5, 0.6) is 0 Å². The first-order valence-corrected chi connectivity index (χ1v) is 9.07. The van der Waals surface area contributed by atoms with Crippen molar-refractivity contribution in [1.29, 1.82) is 0 Å². The van der Waals surface area contributed by atoms with Crippen LogP contribution >= 0.6 is 0 Å². The molecule has 1 amide bonds. The van der Waals surface area contributed by atoms with Crippen molar-refractivity contribution in [3.05, 3.63) is 99.4 Å². The lowest BCUT2D eigenvalue weighted by molar-refractivity contribution is 0.0918. The van der Waals surface area contributed by atoms with Gasteiger partial charge >= 0.3 is 5.91 Å². The minimum absolute atomic E-state index is 0.0250. The smallest absolute Gasteiger partial charge is 0.307 e. The Morgan fingerprint density at radius 3 is 2.55 bits per heavy atom. The number of aromatic nitrogens is 2. The summed E-state index contributed by atoms with van der Waals surface area (Å²) in [5.41, 5.74) is 2.19. The van der Waals surface area contributed by atoms with Crippen molar-refractivity contribution in [2.75, 3.05) is 0 Å². The van der Waals surface area contributed by atoms with Crippen LogP contribution in [-0.4, -0.2) is 15.5 Å². The molecule has 7 heteroatoms. The Kier molecular flexibility index (Phi) is 4.95. The standard InChI is InChI=1S/C22H18FN3O3/c1-26-13-16(11-14-7-9-17(23)10-8-14)18(27)19-20(26)25-22(29-19)21(28)24-12-15-5-3-2-4-6-15/h2-10,13H,11-12H2,1H3,(H,24,28). The van der Waals surface area contributed by atoms with Gasteiger partial charge in [-0.2, -0.15) is 4.98 Å². The van der Waals surface area contributed by atoms with E-state index in [1.54, 1.807) is 29.9 Å². The average Bonchev–Trinajstić information content (AvgIpc) is 3.19. The molecular weight excluding hydrogens is 373 g/mol. The number of rotatable bonds is 5. The predicted octanol–water partition coefficient (Wildman–Crippen LogP) is 3.19. The number of nitrogens with one attached hydrogen (secondary N) is 1. The number of halogens is 1. The highest BCUT2D eigenvalue weighted by Crippen LogP contribution is 2.15. The van der Waals surface area contributed by atoms with E-state index in [-0.39, 0.29) is 22.7 Å². The molecule has 0 aliphatic rings. The molecule has 0 fully saturated rings. The molecule has 29 heavy (non-hydrogen) atoms. The Bertz CT molecular complexity index is 1230. The number of hydrogen-bond acceptors (Lipinski definition) is 4. The number of pyridine rings is 1. The van der Waals surface area contributed by atoms with Gasteiger partial charge in [-0.3, -0.25) is 9.59 Å². The average molecular weight is 391 g/mol. The number of carbonyl (C=O) groups is 1. The second-order valence-corrected chi connectivity index (χ2v) is 6.74. The monoisotopic (exact) mass is 391 g/mol. The molecule has 4 rings (SSSR count). The lowest BCUT2D eigenvalue weighted by Gasteiger charge is -2.04. The summed E-state index contributed by atoms with van der Waals surface area (Å²) in [5.74, 6) is -0.995. The second kappa shape index (κ2) is 7.71. The Balaban J connectivity index is 1.60. The quantitative estimate of drug-likeness (QED) is 0.567. The number of hydrogen-bond donors (Lipinski definition) is 1. The molecule has 6 nitrogen and oxygen atoms in total. The molecule has 4 aromatic rings. The predicted molar refractivity (Wildman–Crippen MR) is 106 cm³/mol. The molecule has 0 saturated carbocycles. The first kappa shape index (κ1) is 18.6. The number of nitrogens with zero attached hydrogens (tertiary/aromatic N) is 2. The molecule has 0 atom stereocenters. The number of benzene rings is 2. The van der Waals surface area contributed by atoms with Gasteiger partial charge in [-0.15, -0.1) is 0 Å². The molecule has 0 aliphatic carbocycles. The largest absolute Gasteiger partial charge is 0.426 e. The van der Waals surface area contributed by atoms with Gasteiger partial charge in [-0.05, 0) is 23.3 Å². The Hall–Kier alpha value is -3.74. The van der Waals surface area contributed by atoms with Crippen molar-refractivity contribution in [3.63, 3.8) is 0 Å². The van der Waals surface area contributed by atoms with E-state index in [0.29, 0.717) is 24.2 Å². The molecule has 0 aliphatic heterocycles. The van der Waals surface area contributed by atoms with Crippen LogP contribution in [0.4, 0.5) is 4.39 Å². The third kappa shape index (κ3) is 3.94. The first-order chi connectivity index (χ1) is 14.0. The Labute approximate surface area is 165 Å². The third-order valence-electron chi connectivity index (χ3n) is 4.59. The van der Waals surface area contributed by atoms with Gasteiger partial charge in [0, 0.05) is 31.8 Å². The maximum atomic E-state index is 13.1. The summed E-state index contributed by atoms with van der Waals surface area (Å²) in [4.78, 5) is 29.4. The molecule has 2 heterocycles. The Morgan fingerprint density at radius 2 is 1.83 bits per heavy atom. The molecule has 1 N–H and O–H groups in total. The summed E-state index contributed by atoms with van der Waals surface area (Å²) in [6.45, 7) is 0.324. The van der Waals surface area contributed by atoms with Gasteiger partial charge in [0.15, 0.2) is 5.65 Å². The minimum atomic E-state index is -0.496. The van der Waals surface area contributed by atoms with Crippen LogP contribution in [0.3, 0.4) is 0 Å². The van der Waals surface area contributed by atoms with E-state index in [9.17, 15) is 14.0 Å². The Morgan fingerprint density at radius 1 is 1.10 bits per heavy atom. The van der Waals surface area contributed by atoms with E-state index >= 15 is 0 Å². The van der Waals surface area contributed by atoms with E-state index in [2.05, 4.69) is 10.3 Å². The molecule has 0 unspecified atom stereocenters. The van der Waals surface area contributed by atoms with E-state index in [0.717, 1.165) is 11.1 Å². The highest BCUT2D eigenvalue weighted by atomic mass is 19.1. The zero-order valence-corrected chi connectivity index (χ0v) is 15.7. The lowest BCUT2D eigenvalue weighted by atomic mass is 10.1. The number of fused-ring (bicyclic) bond motifs is 1. The zero-order chi connectivity index (χ0) is 20.4. The van der Waals surface area contributed by atoms with Crippen molar-refractivity contribution in [2.45, 2.75) is 13.0 Å². The van der Waals surface area contributed by atoms with E-state index in [1.165, 1.54) is 12.1 Å². The van der Waals surface area contributed by atoms with Crippen molar-refractivity contribution in [1.82, 2.24) is 14.9 Å². The summed E-state index contributed by atoms with van der Waals surface area (Å²) in [7, 11) is 1.73. The second-order valence-electron chi connectivity index (χ2n) is 6.74. The summed E-state index contributed by atoms with van der Waals surface area (Å²) in [5, 5.41) is 2.73. The zero-order valence-electron chi connectivity index (χ0n) is 15.7. The molecule has 0 bridgehead atoms. The fourth-order valence-electron chi connectivity index (χ4n) is 3.10. The SMILES string of the molecule is Cn1cc(Cc2ccc(F)cc2)c(=O)c2oc(C(=O)NCc3ccccc3)nc21. The summed E-state index contributed by atoms with van der Waals surface area (Å²) >= 11 is 0. The van der Waals surface area contributed by atoms with Crippen LogP contribution in [0.25, 0.3) is 11.2 Å². The summed E-state index contributed by atoms with van der Waals surface area (Å²) < 4.78 is 20.3. The summed E-state index contributed by atoms with van der Waals surface area (Å²) in [6.07, 6.45) is 1.97. The van der Waals surface area contributed by atoms with Crippen LogP contribution in [0.2, 0.25) is 0 Å². The van der Waals surface area contributed by atoms with Gasteiger partial charge in [0.2, 0.25) is 11.0 Å². The third-order valence-corrected chi connectivity index (χ3v) is 4.59. The maximum Gasteiger partial charge on any atom is 0.307 e. The highest BCUT2D eigenvalue weighted by Gasteiger charge is 2.19. The van der Waals surface area contributed by atoms with Crippen molar-refractivity contribution < 1.29 is 13.6 Å². The van der Waals surface area contributed by atoms with E-state index in [1.807, 2.05) is 30.3 Å². The van der Waals surface area contributed by atoms with Crippen LogP contribution < -0.4 is 10.7 Å². The number of aryl methyl sites for hydroxylation is 1. The van der Waals surface area contributed by atoms with Crippen molar-refractivity contribution in [3.8, 4) is 0 Å². The molecule has 0 radical (unpaired) electrons. The molecule has 2 aromatic heterocycles. The van der Waals surface area contributed by atoms with Crippen LogP contribution in [-0.2, 0) is 20.0 Å². The first-order valence-electron chi connectivity index (χ1n) is 9.07. The van der Waals surface area contributed by atoms with Gasteiger partial charge in [-0.25, -0.2) is 4.39 Å². The number of carbonyl (C=O) groups excluding carboxylic acids is 1. The van der Waals surface area contributed by atoms with Gasteiger partial charge in [0.1, 0.15) is 5.82 Å². The van der Waals surface area contributed by atoms with Crippen molar-refractivity contribution >= 4 is 17.1 Å². The minimum Gasteiger partial charge on any atom is -0.426 e. The highest BCUT2D eigenvalue weighted by molar-refractivity contribution is 5.91. The van der Waals surface area contributed by atoms with Crippen LogP contribution in [0.1, 0.15) is 27.4 Å². The van der Waals surface area contributed by atoms with Gasteiger partial charge in [0.05, 0.1) is 0 Å².